The maximum absolute atomic E-state index is 14.5. The fourth-order valence-electron chi connectivity index (χ4n) is 8.85. The number of carbonyl (C=O) groups excluding carboxylic acids is 1. The third-order valence-corrected chi connectivity index (χ3v) is 10.6. The lowest BCUT2D eigenvalue weighted by Crippen LogP contribution is -2.65. The largest absolute Gasteiger partial charge is 0.369 e. The third-order valence-electron chi connectivity index (χ3n) is 10.6. The SMILES string of the molecule is Cc1ccc(N2Cc3cnc(Nc4ccc(N5CCN(C)CC5)cc4)nc3N(C34CC5CC(CC(C5)C3)C4)C2=O)cc1. The predicted molar refractivity (Wildman–Crippen MR) is 168 cm³/mol. The summed E-state index contributed by atoms with van der Waals surface area (Å²) in [7, 11) is 2.18. The van der Waals surface area contributed by atoms with Crippen molar-refractivity contribution in [2.24, 2.45) is 17.8 Å². The Morgan fingerprint density at radius 3 is 2.10 bits per heavy atom. The Morgan fingerprint density at radius 1 is 0.833 bits per heavy atom. The van der Waals surface area contributed by atoms with Crippen LogP contribution in [0, 0.1) is 24.7 Å². The zero-order valence-corrected chi connectivity index (χ0v) is 24.8. The molecular formula is C34H41N7O. The molecule has 0 radical (unpaired) electrons. The quantitative estimate of drug-likeness (QED) is 0.399. The van der Waals surface area contributed by atoms with Crippen LogP contribution in [0.15, 0.2) is 54.7 Å². The van der Waals surface area contributed by atoms with Crippen LogP contribution in [0.25, 0.3) is 0 Å². The molecule has 1 saturated heterocycles. The number of urea groups is 1. The number of nitrogens with one attached hydrogen (secondary N) is 1. The molecule has 0 spiro atoms. The van der Waals surface area contributed by atoms with Crippen LogP contribution in [0.3, 0.4) is 0 Å². The van der Waals surface area contributed by atoms with E-state index >= 15 is 0 Å². The van der Waals surface area contributed by atoms with Crippen LogP contribution in [0.1, 0.15) is 49.7 Å². The highest BCUT2D eigenvalue weighted by atomic mass is 16.2. The Kier molecular flexibility index (Phi) is 6.18. The van der Waals surface area contributed by atoms with Crippen LogP contribution in [-0.2, 0) is 6.54 Å². The van der Waals surface area contributed by atoms with Crippen molar-refractivity contribution in [2.45, 2.75) is 57.5 Å². The molecular weight excluding hydrogens is 522 g/mol. The Morgan fingerprint density at radius 2 is 1.45 bits per heavy atom. The van der Waals surface area contributed by atoms with Crippen LogP contribution in [-0.4, -0.2) is 59.7 Å². The van der Waals surface area contributed by atoms with Gasteiger partial charge in [0.05, 0.1) is 12.1 Å². The molecule has 1 aromatic heterocycles. The first-order chi connectivity index (χ1) is 20.4. The van der Waals surface area contributed by atoms with Crippen LogP contribution in [0.2, 0.25) is 0 Å². The number of likely N-dealkylation sites (N-methyl/N-ethyl adjacent to an activating group) is 1. The Labute approximate surface area is 248 Å². The summed E-state index contributed by atoms with van der Waals surface area (Å²) >= 11 is 0. The summed E-state index contributed by atoms with van der Waals surface area (Å²) in [5.74, 6) is 3.52. The Balaban J connectivity index is 1.12. The molecule has 0 atom stereocenters. The highest BCUT2D eigenvalue weighted by Crippen LogP contribution is 2.59. The summed E-state index contributed by atoms with van der Waals surface area (Å²) in [6, 6.07) is 17.0. The van der Waals surface area contributed by atoms with E-state index in [4.69, 9.17) is 9.97 Å². The molecule has 5 fully saturated rings. The topological polar surface area (TPSA) is 67.8 Å². The van der Waals surface area contributed by atoms with Gasteiger partial charge in [-0.15, -0.1) is 0 Å². The zero-order valence-electron chi connectivity index (χ0n) is 24.8. The fourth-order valence-corrected chi connectivity index (χ4v) is 8.85. The van der Waals surface area contributed by atoms with Crippen LogP contribution in [0.4, 0.5) is 33.6 Å². The third kappa shape index (κ3) is 4.51. The van der Waals surface area contributed by atoms with Gasteiger partial charge in [0.15, 0.2) is 0 Å². The first-order valence-corrected chi connectivity index (χ1v) is 15.8. The molecule has 2 aromatic carbocycles. The summed E-state index contributed by atoms with van der Waals surface area (Å²) < 4.78 is 0. The molecule has 1 N–H and O–H groups in total. The van der Waals surface area contributed by atoms with Crippen molar-refractivity contribution >= 4 is 34.9 Å². The molecule has 8 heteroatoms. The second-order valence-electron chi connectivity index (χ2n) is 13.7. The molecule has 9 rings (SSSR count). The summed E-state index contributed by atoms with van der Waals surface area (Å²) in [5.41, 5.74) is 5.19. The Hall–Kier alpha value is -3.65. The maximum atomic E-state index is 14.5. The number of nitrogens with zero attached hydrogens (tertiary/aromatic N) is 6. The van der Waals surface area contributed by atoms with Crippen molar-refractivity contribution in [2.75, 3.05) is 53.2 Å². The summed E-state index contributed by atoms with van der Waals surface area (Å²) in [6.07, 6.45) is 9.19. The van der Waals surface area contributed by atoms with Gasteiger partial charge >= 0.3 is 6.03 Å². The van der Waals surface area contributed by atoms with Crippen molar-refractivity contribution in [3.63, 3.8) is 0 Å². The lowest BCUT2D eigenvalue weighted by atomic mass is 9.52. The molecule has 42 heavy (non-hydrogen) atoms. The number of fused-ring (bicyclic) bond motifs is 1. The average Bonchev–Trinajstić information content (AvgIpc) is 2.97. The van der Waals surface area contributed by atoms with Crippen molar-refractivity contribution in [1.82, 2.24) is 14.9 Å². The second kappa shape index (κ2) is 9.97. The fraction of sp³-hybridized carbons (Fsp3) is 0.500. The van der Waals surface area contributed by atoms with E-state index in [1.807, 2.05) is 11.1 Å². The zero-order chi connectivity index (χ0) is 28.4. The molecule has 3 aromatic rings. The molecule has 8 nitrogen and oxygen atoms in total. The molecule has 2 amide bonds. The lowest BCUT2D eigenvalue weighted by Gasteiger charge is -2.61. The van der Waals surface area contributed by atoms with Crippen molar-refractivity contribution < 1.29 is 4.79 Å². The Bertz CT molecular complexity index is 1440. The van der Waals surface area contributed by atoms with E-state index in [-0.39, 0.29) is 11.6 Å². The standard InChI is InChI=1S/C34H41N7O/c1-23-3-7-30(8-4-23)40-22-27-21-35-32(36-28-5-9-29(10-6-28)39-13-11-38(2)12-14-39)37-31(27)41(33(40)42)34-18-24-15-25(19-34)17-26(16-24)20-34/h3-10,21,24-26H,11-20,22H2,1-2H3,(H,35,36,37). The average molecular weight is 564 g/mol. The van der Waals surface area contributed by atoms with E-state index in [0.717, 1.165) is 86.0 Å². The number of aromatic nitrogens is 2. The summed E-state index contributed by atoms with van der Waals surface area (Å²) in [5, 5.41) is 3.45. The molecule has 4 saturated carbocycles. The van der Waals surface area contributed by atoms with Crippen molar-refractivity contribution in [1.29, 1.82) is 0 Å². The van der Waals surface area contributed by atoms with E-state index in [1.165, 1.54) is 30.5 Å². The predicted octanol–water partition coefficient (Wildman–Crippen LogP) is 6.20. The van der Waals surface area contributed by atoms with E-state index < -0.39 is 0 Å². The van der Waals surface area contributed by atoms with Crippen molar-refractivity contribution in [3.05, 3.63) is 65.9 Å². The molecule has 218 valence electrons. The molecule has 4 aliphatic carbocycles. The number of piperazine rings is 1. The molecule has 6 aliphatic rings. The van der Waals surface area contributed by atoms with Gasteiger partial charge in [-0.05, 0) is 107 Å². The number of amides is 2. The van der Waals surface area contributed by atoms with Gasteiger partial charge in [-0.2, -0.15) is 4.98 Å². The van der Waals surface area contributed by atoms with E-state index in [2.05, 4.69) is 82.5 Å². The smallest absolute Gasteiger partial charge is 0.330 e. The van der Waals surface area contributed by atoms with Gasteiger partial charge in [0.1, 0.15) is 5.82 Å². The van der Waals surface area contributed by atoms with Crippen LogP contribution in [0.5, 0.6) is 0 Å². The highest BCUT2D eigenvalue weighted by Gasteiger charge is 2.57. The van der Waals surface area contributed by atoms with Gasteiger partial charge in [-0.1, -0.05) is 17.7 Å². The minimum Gasteiger partial charge on any atom is -0.369 e. The molecule has 2 aliphatic heterocycles. The first kappa shape index (κ1) is 26.0. The van der Waals surface area contributed by atoms with Gasteiger partial charge in [-0.3, -0.25) is 9.80 Å². The van der Waals surface area contributed by atoms with Gasteiger partial charge in [0.2, 0.25) is 5.95 Å². The van der Waals surface area contributed by atoms with Crippen LogP contribution >= 0.6 is 0 Å². The minimum absolute atomic E-state index is 0.0643. The van der Waals surface area contributed by atoms with Gasteiger partial charge < -0.3 is 15.1 Å². The first-order valence-electron chi connectivity index (χ1n) is 15.8. The normalized spacial score (nSPS) is 28.8. The number of rotatable bonds is 5. The summed E-state index contributed by atoms with van der Waals surface area (Å²) in [4.78, 5) is 33.3. The monoisotopic (exact) mass is 563 g/mol. The number of benzene rings is 2. The lowest BCUT2D eigenvalue weighted by molar-refractivity contribution is -0.000906. The number of carbonyl (C=O) groups is 1. The number of hydrogen-bond donors (Lipinski definition) is 1. The van der Waals surface area contributed by atoms with Gasteiger partial charge in [0, 0.05) is 55.0 Å². The van der Waals surface area contributed by atoms with Gasteiger partial charge in [-0.25, -0.2) is 9.78 Å². The molecule has 0 unspecified atom stereocenters. The number of hydrogen-bond acceptors (Lipinski definition) is 6. The van der Waals surface area contributed by atoms with Gasteiger partial charge in [0.25, 0.3) is 0 Å². The van der Waals surface area contributed by atoms with E-state index in [0.29, 0.717) is 12.5 Å². The van der Waals surface area contributed by atoms with E-state index in [1.54, 1.807) is 0 Å². The van der Waals surface area contributed by atoms with E-state index in [9.17, 15) is 4.79 Å². The highest BCUT2D eigenvalue weighted by molar-refractivity contribution is 6.06. The second-order valence-corrected chi connectivity index (χ2v) is 13.7. The van der Waals surface area contributed by atoms with Crippen molar-refractivity contribution in [3.8, 4) is 0 Å². The summed E-state index contributed by atoms with van der Waals surface area (Å²) in [6.45, 7) is 6.84. The number of anilines is 5. The molecule has 4 bridgehead atoms. The maximum Gasteiger partial charge on any atom is 0.330 e. The van der Waals surface area contributed by atoms with Crippen LogP contribution < -0.4 is 20.0 Å². The molecule has 3 heterocycles. The number of aryl methyl sites for hydroxylation is 1. The minimum atomic E-state index is -0.153.